The highest BCUT2D eigenvalue weighted by molar-refractivity contribution is 5.71. The fourth-order valence-corrected chi connectivity index (χ4v) is 11.1. The average molecular weight is 1140 g/mol. The fourth-order valence-electron chi connectivity index (χ4n) is 11.1. The lowest BCUT2D eigenvalue weighted by Gasteiger charge is -2.18. The molecular weight excluding hydrogens is 997 g/mol. The summed E-state index contributed by atoms with van der Waals surface area (Å²) in [6.07, 6.45) is 87.6. The Labute approximate surface area is 506 Å². The van der Waals surface area contributed by atoms with E-state index in [1.165, 1.54) is 295 Å². The van der Waals surface area contributed by atoms with Gasteiger partial charge in [-0.3, -0.25) is 14.4 Å². The van der Waals surface area contributed by atoms with Crippen LogP contribution in [0.1, 0.15) is 406 Å². The zero-order valence-electron chi connectivity index (χ0n) is 54.8. The largest absolute Gasteiger partial charge is 0.462 e. The zero-order chi connectivity index (χ0) is 58.5. The minimum atomic E-state index is -0.772. The first kappa shape index (κ1) is 78.6. The highest BCUT2D eigenvalue weighted by Gasteiger charge is 2.19. The van der Waals surface area contributed by atoms with E-state index in [2.05, 4.69) is 57.2 Å². The van der Waals surface area contributed by atoms with E-state index in [0.717, 1.165) is 70.6 Å². The topological polar surface area (TPSA) is 78.9 Å². The summed E-state index contributed by atoms with van der Waals surface area (Å²) in [5, 5.41) is 0. The van der Waals surface area contributed by atoms with Crippen LogP contribution >= 0.6 is 0 Å². The van der Waals surface area contributed by atoms with E-state index >= 15 is 0 Å². The van der Waals surface area contributed by atoms with Crippen LogP contribution in [0.2, 0.25) is 0 Å². The van der Waals surface area contributed by atoms with Crippen molar-refractivity contribution < 1.29 is 28.6 Å². The van der Waals surface area contributed by atoms with E-state index in [9.17, 15) is 14.4 Å². The predicted octanol–water partition coefficient (Wildman–Crippen LogP) is 25.1. The van der Waals surface area contributed by atoms with Gasteiger partial charge in [-0.1, -0.05) is 346 Å². The second-order valence-corrected chi connectivity index (χ2v) is 24.9. The van der Waals surface area contributed by atoms with Crippen molar-refractivity contribution in [2.45, 2.75) is 412 Å². The number of rotatable bonds is 68. The first-order valence-corrected chi connectivity index (χ1v) is 36.5. The van der Waals surface area contributed by atoms with Gasteiger partial charge < -0.3 is 14.2 Å². The van der Waals surface area contributed by atoms with Crippen LogP contribution in [-0.4, -0.2) is 37.2 Å². The molecule has 0 fully saturated rings. The Bertz CT molecular complexity index is 1350. The lowest BCUT2D eigenvalue weighted by atomic mass is 10.0. The second-order valence-electron chi connectivity index (χ2n) is 24.9. The summed E-state index contributed by atoms with van der Waals surface area (Å²) in [6, 6.07) is 0. The molecule has 81 heavy (non-hydrogen) atoms. The van der Waals surface area contributed by atoms with E-state index in [4.69, 9.17) is 14.2 Å². The summed E-state index contributed by atoms with van der Waals surface area (Å²) >= 11 is 0. The van der Waals surface area contributed by atoms with Gasteiger partial charge in [0.15, 0.2) is 6.10 Å². The van der Waals surface area contributed by atoms with Crippen LogP contribution in [0.5, 0.6) is 0 Å². The number of hydrogen-bond acceptors (Lipinski definition) is 6. The van der Waals surface area contributed by atoms with Crippen LogP contribution in [0.25, 0.3) is 0 Å². The number of esters is 3. The molecule has 0 N–H and O–H groups in total. The first-order chi connectivity index (χ1) is 40.0. The monoisotopic (exact) mass is 1140 g/mol. The van der Waals surface area contributed by atoms with Crippen molar-refractivity contribution in [2.75, 3.05) is 13.2 Å². The molecule has 0 saturated carbocycles. The summed E-state index contributed by atoms with van der Waals surface area (Å²) in [7, 11) is 0. The third-order valence-electron chi connectivity index (χ3n) is 16.6. The lowest BCUT2D eigenvalue weighted by Crippen LogP contribution is -2.30. The molecule has 0 spiro atoms. The van der Waals surface area contributed by atoms with Crippen LogP contribution in [0, 0.1) is 0 Å². The van der Waals surface area contributed by atoms with Gasteiger partial charge in [-0.15, -0.1) is 0 Å². The van der Waals surface area contributed by atoms with E-state index in [-0.39, 0.29) is 31.1 Å². The van der Waals surface area contributed by atoms with E-state index in [1.54, 1.807) is 0 Å². The van der Waals surface area contributed by atoms with Gasteiger partial charge in [0.25, 0.3) is 0 Å². The van der Waals surface area contributed by atoms with Gasteiger partial charge in [-0.2, -0.15) is 0 Å². The van der Waals surface area contributed by atoms with Gasteiger partial charge in [0.2, 0.25) is 0 Å². The van der Waals surface area contributed by atoms with Crippen molar-refractivity contribution in [3.05, 3.63) is 36.5 Å². The van der Waals surface area contributed by atoms with Gasteiger partial charge in [-0.25, -0.2) is 0 Å². The second kappa shape index (κ2) is 70.1. The van der Waals surface area contributed by atoms with E-state index in [0.29, 0.717) is 19.3 Å². The van der Waals surface area contributed by atoms with Crippen LogP contribution in [0.15, 0.2) is 36.5 Å². The summed E-state index contributed by atoms with van der Waals surface area (Å²) in [5.41, 5.74) is 0. The summed E-state index contributed by atoms with van der Waals surface area (Å²) in [6.45, 7) is 6.69. The first-order valence-electron chi connectivity index (χ1n) is 36.5. The molecule has 0 aliphatic heterocycles. The van der Waals surface area contributed by atoms with Crippen molar-refractivity contribution in [1.82, 2.24) is 0 Å². The van der Waals surface area contributed by atoms with Crippen LogP contribution in [0.4, 0.5) is 0 Å². The van der Waals surface area contributed by atoms with Gasteiger partial charge in [0.05, 0.1) is 0 Å². The number of hydrogen-bond donors (Lipinski definition) is 0. The normalized spacial score (nSPS) is 12.2. The molecule has 6 nitrogen and oxygen atoms in total. The quantitative estimate of drug-likeness (QED) is 0.0261. The Morgan fingerprint density at radius 3 is 0.691 bits per heavy atom. The van der Waals surface area contributed by atoms with Crippen molar-refractivity contribution in [2.24, 2.45) is 0 Å². The molecule has 476 valence electrons. The molecule has 0 aliphatic rings. The molecule has 0 amide bonds. The van der Waals surface area contributed by atoms with Gasteiger partial charge in [0.1, 0.15) is 13.2 Å². The Balaban J connectivity index is 4.17. The molecule has 0 heterocycles. The Morgan fingerprint density at radius 1 is 0.247 bits per heavy atom. The van der Waals surface area contributed by atoms with E-state index < -0.39 is 6.10 Å². The molecule has 0 aromatic rings. The Kier molecular flexibility index (Phi) is 68.1. The standard InChI is InChI=1S/C75H140O6/c1-4-7-10-13-16-19-22-25-28-30-31-32-33-34-35-36-37-38-39-40-41-42-43-45-47-50-53-56-59-62-65-68-74(77)80-71-72(70-79-73(76)67-64-61-58-55-52-49-46-27-24-21-18-15-12-9-6-3)81-75(78)69-66-63-60-57-54-51-48-44-29-26-23-20-17-14-11-8-5-2/h22,25,27,30-31,46,72H,4-21,23-24,26,28-29,32-45,47-71H2,1-3H3/b25-22-,31-30-,46-27-. The molecule has 0 aromatic carbocycles. The number of carbonyl (C=O) groups excluding carboxylic acids is 3. The predicted molar refractivity (Wildman–Crippen MR) is 353 cm³/mol. The summed E-state index contributed by atoms with van der Waals surface area (Å²) < 4.78 is 17.0. The summed E-state index contributed by atoms with van der Waals surface area (Å²) in [5.74, 6) is -0.845. The number of unbranched alkanes of at least 4 members (excludes halogenated alkanes) is 51. The Morgan fingerprint density at radius 2 is 0.444 bits per heavy atom. The molecule has 0 radical (unpaired) electrons. The molecule has 0 saturated heterocycles. The van der Waals surface area contributed by atoms with Gasteiger partial charge >= 0.3 is 17.9 Å². The average Bonchev–Trinajstić information content (AvgIpc) is 3.47. The van der Waals surface area contributed by atoms with Crippen molar-refractivity contribution in [3.8, 4) is 0 Å². The minimum absolute atomic E-state index is 0.0683. The highest BCUT2D eigenvalue weighted by atomic mass is 16.6. The molecule has 1 unspecified atom stereocenters. The Hall–Kier alpha value is -2.37. The van der Waals surface area contributed by atoms with Crippen LogP contribution < -0.4 is 0 Å². The van der Waals surface area contributed by atoms with Crippen LogP contribution in [0.3, 0.4) is 0 Å². The molecule has 0 aromatic heterocycles. The highest BCUT2D eigenvalue weighted by Crippen LogP contribution is 2.19. The smallest absolute Gasteiger partial charge is 0.306 e. The van der Waals surface area contributed by atoms with E-state index in [1.807, 2.05) is 0 Å². The number of ether oxygens (including phenoxy) is 3. The number of carbonyl (C=O) groups is 3. The third-order valence-corrected chi connectivity index (χ3v) is 16.6. The maximum atomic E-state index is 12.9. The summed E-state index contributed by atoms with van der Waals surface area (Å²) in [4.78, 5) is 38.4. The fraction of sp³-hybridized carbons (Fsp3) is 0.880. The minimum Gasteiger partial charge on any atom is -0.462 e. The van der Waals surface area contributed by atoms with Crippen molar-refractivity contribution >= 4 is 17.9 Å². The number of allylic oxidation sites excluding steroid dienone is 6. The van der Waals surface area contributed by atoms with Gasteiger partial charge in [0, 0.05) is 19.3 Å². The molecule has 0 bridgehead atoms. The molecular formula is C75H140O6. The maximum absolute atomic E-state index is 12.9. The van der Waals surface area contributed by atoms with Crippen molar-refractivity contribution in [1.29, 1.82) is 0 Å². The zero-order valence-corrected chi connectivity index (χ0v) is 54.8. The van der Waals surface area contributed by atoms with Gasteiger partial charge in [-0.05, 0) is 77.0 Å². The maximum Gasteiger partial charge on any atom is 0.306 e. The molecule has 6 heteroatoms. The van der Waals surface area contributed by atoms with Crippen LogP contribution in [-0.2, 0) is 28.6 Å². The molecule has 1 atom stereocenters. The molecule has 0 aliphatic carbocycles. The lowest BCUT2D eigenvalue weighted by molar-refractivity contribution is -0.167. The third kappa shape index (κ3) is 68.3. The molecule has 0 rings (SSSR count). The van der Waals surface area contributed by atoms with Crippen molar-refractivity contribution in [3.63, 3.8) is 0 Å². The SMILES string of the molecule is CCCCCCC/C=C\C/C=C\CCCCCCCCCCCCCCCCCCCCCC(=O)OCC(COC(=O)CCCCCCC/C=C\CCCCCCCC)OC(=O)CCCCCCCCCCCCCCCCCCC.